The molecule has 0 saturated carbocycles. The summed E-state index contributed by atoms with van der Waals surface area (Å²) in [5, 5.41) is 9.45. The molecule has 1 aliphatic heterocycles. The fraction of sp³-hybridized carbons (Fsp3) is 0.500. The SMILES string of the molecule is C[C@@H](CC(=O)Cc1ccc(N2CCC[C@H]2CO)nc1)c1ccc(OCC(F)(F)F)cn1. The number of alkyl halides is 3. The Morgan fingerprint density at radius 2 is 2.06 bits per heavy atom. The van der Waals surface area contributed by atoms with Gasteiger partial charge in [-0.05, 0) is 36.6 Å². The summed E-state index contributed by atoms with van der Waals surface area (Å²) in [4.78, 5) is 23.1. The smallest absolute Gasteiger partial charge is 0.422 e. The van der Waals surface area contributed by atoms with E-state index in [1.54, 1.807) is 12.3 Å². The molecule has 0 aromatic carbocycles. The molecule has 0 radical (unpaired) electrons. The summed E-state index contributed by atoms with van der Waals surface area (Å²) in [6, 6.07) is 6.85. The van der Waals surface area contributed by atoms with Crippen LogP contribution in [0.3, 0.4) is 0 Å². The summed E-state index contributed by atoms with van der Waals surface area (Å²) in [5.41, 5.74) is 1.43. The second-order valence-electron chi connectivity index (χ2n) is 7.84. The summed E-state index contributed by atoms with van der Waals surface area (Å²) in [5.74, 6) is 0.687. The Morgan fingerprint density at radius 1 is 1.26 bits per heavy atom. The van der Waals surface area contributed by atoms with Crippen molar-refractivity contribution in [2.45, 2.75) is 50.7 Å². The number of anilines is 1. The Bertz CT molecular complexity index is 857. The molecule has 2 atom stereocenters. The number of carbonyl (C=O) groups excluding carboxylic acids is 1. The van der Waals surface area contributed by atoms with Crippen molar-refractivity contribution in [2.75, 3.05) is 24.7 Å². The maximum atomic E-state index is 12.5. The number of rotatable bonds is 9. The van der Waals surface area contributed by atoms with Crippen molar-refractivity contribution in [1.29, 1.82) is 0 Å². The van der Waals surface area contributed by atoms with E-state index in [1.165, 1.54) is 12.3 Å². The van der Waals surface area contributed by atoms with Crippen molar-refractivity contribution in [3.05, 3.63) is 47.9 Å². The summed E-state index contributed by atoms with van der Waals surface area (Å²) < 4.78 is 41.3. The number of nitrogens with zero attached hydrogens (tertiary/aromatic N) is 3. The summed E-state index contributed by atoms with van der Waals surface area (Å²) >= 11 is 0. The third kappa shape index (κ3) is 6.65. The number of hydrogen-bond donors (Lipinski definition) is 1. The fourth-order valence-electron chi connectivity index (χ4n) is 3.70. The maximum Gasteiger partial charge on any atom is 0.422 e. The molecule has 3 rings (SSSR count). The van der Waals surface area contributed by atoms with Crippen LogP contribution in [-0.4, -0.2) is 52.8 Å². The molecule has 168 valence electrons. The van der Waals surface area contributed by atoms with Crippen LogP contribution in [0.5, 0.6) is 5.75 Å². The van der Waals surface area contributed by atoms with E-state index in [9.17, 15) is 23.1 Å². The third-order valence-corrected chi connectivity index (χ3v) is 5.29. The molecule has 3 heterocycles. The summed E-state index contributed by atoms with van der Waals surface area (Å²) in [6.45, 7) is 1.44. The zero-order valence-corrected chi connectivity index (χ0v) is 17.3. The number of ketones is 1. The monoisotopic (exact) mass is 437 g/mol. The van der Waals surface area contributed by atoms with Gasteiger partial charge in [-0.3, -0.25) is 9.78 Å². The maximum absolute atomic E-state index is 12.5. The molecule has 0 aliphatic carbocycles. The lowest BCUT2D eigenvalue weighted by Crippen LogP contribution is -2.32. The molecule has 9 heteroatoms. The lowest BCUT2D eigenvalue weighted by atomic mass is 9.97. The van der Waals surface area contributed by atoms with E-state index in [1.807, 2.05) is 19.1 Å². The second kappa shape index (κ2) is 10.1. The van der Waals surface area contributed by atoms with Crippen LogP contribution in [-0.2, 0) is 11.2 Å². The van der Waals surface area contributed by atoms with E-state index >= 15 is 0 Å². The Morgan fingerprint density at radius 3 is 2.68 bits per heavy atom. The molecule has 0 spiro atoms. The molecular formula is C22H26F3N3O3. The highest BCUT2D eigenvalue weighted by Crippen LogP contribution is 2.25. The average Bonchev–Trinajstić information content (AvgIpc) is 3.21. The first-order valence-corrected chi connectivity index (χ1v) is 10.2. The molecule has 6 nitrogen and oxygen atoms in total. The number of carbonyl (C=O) groups is 1. The average molecular weight is 437 g/mol. The van der Waals surface area contributed by atoms with Crippen LogP contribution in [0.2, 0.25) is 0 Å². The number of aliphatic hydroxyl groups is 1. The standard InChI is InChI=1S/C22H26F3N3O3/c1-15(20-6-5-19(12-26-20)31-14-22(23,24)25)9-18(30)10-16-4-7-21(27-11-16)28-8-2-3-17(28)13-29/h4-7,11-12,15,17,29H,2-3,8-10,13-14H2,1H3/t15-,17-/m0/s1. The number of hydrogen-bond acceptors (Lipinski definition) is 6. The van der Waals surface area contributed by atoms with Crippen LogP contribution in [0.4, 0.5) is 19.0 Å². The van der Waals surface area contributed by atoms with Gasteiger partial charge >= 0.3 is 6.18 Å². The van der Waals surface area contributed by atoms with Crippen LogP contribution >= 0.6 is 0 Å². The minimum Gasteiger partial charge on any atom is -0.483 e. The predicted molar refractivity (Wildman–Crippen MR) is 109 cm³/mol. The Balaban J connectivity index is 1.51. The lowest BCUT2D eigenvalue weighted by Gasteiger charge is -2.24. The van der Waals surface area contributed by atoms with Gasteiger partial charge in [-0.2, -0.15) is 13.2 Å². The summed E-state index contributed by atoms with van der Waals surface area (Å²) in [6.07, 6.45) is 0.997. The fourth-order valence-corrected chi connectivity index (χ4v) is 3.70. The molecule has 0 unspecified atom stereocenters. The van der Waals surface area contributed by atoms with Gasteiger partial charge in [-0.1, -0.05) is 13.0 Å². The first-order valence-electron chi connectivity index (χ1n) is 10.2. The van der Waals surface area contributed by atoms with Gasteiger partial charge in [0.2, 0.25) is 0 Å². The predicted octanol–water partition coefficient (Wildman–Crippen LogP) is 3.68. The minimum absolute atomic E-state index is 0.0238. The number of pyridine rings is 2. The number of aromatic nitrogens is 2. The van der Waals surface area contributed by atoms with Gasteiger partial charge in [0.25, 0.3) is 0 Å². The molecular weight excluding hydrogens is 411 g/mol. The Labute approximate surface area is 179 Å². The molecule has 1 saturated heterocycles. The van der Waals surface area contributed by atoms with Gasteiger partial charge in [0.05, 0.1) is 18.8 Å². The Hall–Kier alpha value is -2.68. The van der Waals surface area contributed by atoms with Gasteiger partial charge in [0.1, 0.15) is 17.4 Å². The molecule has 2 aromatic rings. The van der Waals surface area contributed by atoms with Crippen LogP contribution in [0, 0.1) is 0 Å². The number of ether oxygens (including phenoxy) is 1. The number of aliphatic hydroxyl groups excluding tert-OH is 1. The molecule has 0 amide bonds. The topological polar surface area (TPSA) is 75.6 Å². The largest absolute Gasteiger partial charge is 0.483 e. The van der Waals surface area contributed by atoms with E-state index in [0.717, 1.165) is 30.8 Å². The van der Waals surface area contributed by atoms with Crippen molar-refractivity contribution < 1.29 is 27.8 Å². The van der Waals surface area contributed by atoms with Crippen molar-refractivity contribution in [2.24, 2.45) is 0 Å². The van der Waals surface area contributed by atoms with Crippen LogP contribution in [0.1, 0.15) is 43.4 Å². The third-order valence-electron chi connectivity index (χ3n) is 5.29. The molecule has 1 fully saturated rings. The first kappa shape index (κ1) is 23.0. The minimum atomic E-state index is -4.40. The molecule has 2 aromatic heterocycles. The molecule has 31 heavy (non-hydrogen) atoms. The van der Waals surface area contributed by atoms with Crippen LogP contribution in [0.25, 0.3) is 0 Å². The molecule has 0 bridgehead atoms. The highest BCUT2D eigenvalue weighted by atomic mass is 19.4. The Kier molecular flexibility index (Phi) is 7.48. The van der Waals surface area contributed by atoms with Crippen molar-refractivity contribution >= 4 is 11.6 Å². The van der Waals surface area contributed by atoms with E-state index in [2.05, 4.69) is 19.6 Å². The van der Waals surface area contributed by atoms with E-state index in [0.29, 0.717) is 5.69 Å². The van der Waals surface area contributed by atoms with Crippen LogP contribution < -0.4 is 9.64 Å². The normalized spacial score (nSPS) is 17.6. The van der Waals surface area contributed by atoms with Gasteiger partial charge < -0.3 is 14.7 Å². The number of Topliss-reactive ketones (excluding diaryl/α,β-unsaturated/α-hetero) is 1. The zero-order chi connectivity index (χ0) is 22.4. The van der Waals surface area contributed by atoms with Crippen molar-refractivity contribution in [3.8, 4) is 5.75 Å². The van der Waals surface area contributed by atoms with E-state index in [-0.39, 0.29) is 42.9 Å². The van der Waals surface area contributed by atoms with E-state index in [4.69, 9.17) is 0 Å². The highest BCUT2D eigenvalue weighted by Gasteiger charge is 2.28. The van der Waals surface area contributed by atoms with Gasteiger partial charge in [0, 0.05) is 37.2 Å². The number of halogens is 3. The van der Waals surface area contributed by atoms with Gasteiger partial charge in [-0.25, -0.2) is 4.98 Å². The van der Waals surface area contributed by atoms with Gasteiger partial charge in [-0.15, -0.1) is 0 Å². The molecule has 1 aliphatic rings. The summed E-state index contributed by atoms with van der Waals surface area (Å²) in [7, 11) is 0. The van der Waals surface area contributed by atoms with Crippen molar-refractivity contribution in [1.82, 2.24) is 9.97 Å². The zero-order valence-electron chi connectivity index (χ0n) is 17.3. The highest BCUT2D eigenvalue weighted by molar-refractivity contribution is 5.81. The van der Waals surface area contributed by atoms with Crippen LogP contribution in [0.15, 0.2) is 36.7 Å². The second-order valence-corrected chi connectivity index (χ2v) is 7.84. The lowest BCUT2D eigenvalue weighted by molar-refractivity contribution is -0.153. The van der Waals surface area contributed by atoms with Gasteiger partial charge in [0.15, 0.2) is 6.61 Å². The first-order chi connectivity index (χ1) is 14.7. The quantitative estimate of drug-likeness (QED) is 0.645. The van der Waals surface area contributed by atoms with E-state index < -0.39 is 12.8 Å². The molecule has 1 N–H and O–H groups in total. The van der Waals surface area contributed by atoms with Crippen molar-refractivity contribution in [3.63, 3.8) is 0 Å².